The van der Waals surface area contributed by atoms with E-state index < -0.39 is 11.6 Å². The zero-order valence-electron chi connectivity index (χ0n) is 18.2. The van der Waals surface area contributed by atoms with Gasteiger partial charge >= 0.3 is 11.6 Å². The fourth-order valence-corrected chi connectivity index (χ4v) is 5.28. The average molecular weight is 498 g/mol. The Morgan fingerprint density at radius 3 is 2.57 bits per heavy atom. The van der Waals surface area contributed by atoms with E-state index in [-0.39, 0.29) is 6.61 Å². The highest BCUT2D eigenvalue weighted by molar-refractivity contribution is 7.19. The lowest BCUT2D eigenvalue weighted by atomic mass is 10.0. The first-order chi connectivity index (χ1) is 17.1. The molecule has 35 heavy (non-hydrogen) atoms. The van der Waals surface area contributed by atoms with Crippen molar-refractivity contribution >= 4 is 61.6 Å². The number of nitrogens with zero attached hydrogens (tertiary/aromatic N) is 1. The molecule has 0 bridgehead atoms. The largest absolute Gasteiger partial charge is 0.457 e. The van der Waals surface area contributed by atoms with Gasteiger partial charge in [-0.05, 0) is 41.1 Å². The van der Waals surface area contributed by atoms with E-state index in [4.69, 9.17) is 25.7 Å². The van der Waals surface area contributed by atoms with E-state index in [1.165, 1.54) is 17.4 Å². The van der Waals surface area contributed by atoms with Gasteiger partial charge in [0.2, 0.25) is 0 Å². The van der Waals surface area contributed by atoms with Gasteiger partial charge in [0.05, 0.1) is 26.0 Å². The van der Waals surface area contributed by atoms with Gasteiger partial charge in [-0.15, -0.1) is 11.3 Å². The first-order valence-corrected chi connectivity index (χ1v) is 12.0. The molecule has 3 aromatic carbocycles. The Kier molecular flexibility index (Phi) is 5.32. The van der Waals surface area contributed by atoms with E-state index in [1.54, 1.807) is 18.2 Å². The molecule has 170 valence electrons. The van der Waals surface area contributed by atoms with Crippen LogP contribution in [0.5, 0.6) is 0 Å². The monoisotopic (exact) mass is 497 g/mol. The number of fused-ring (bicyclic) bond motifs is 4. The molecule has 0 saturated heterocycles. The lowest BCUT2D eigenvalue weighted by Crippen LogP contribution is -2.09. The van der Waals surface area contributed by atoms with Crippen LogP contribution in [0.1, 0.15) is 15.9 Å². The second-order valence-corrected chi connectivity index (χ2v) is 9.72. The SMILES string of the molecule is O=C(OCc1cc(=O)oc2ccc3ccccc3c12)c1cc(-c2ccc(Cl)s2)nc2ccccc12. The quantitative estimate of drug-likeness (QED) is 0.146. The molecule has 0 atom stereocenters. The number of ether oxygens (including phenoxy) is 1. The molecule has 5 nitrogen and oxygen atoms in total. The van der Waals surface area contributed by atoms with Crippen LogP contribution < -0.4 is 5.63 Å². The molecule has 0 unspecified atom stereocenters. The van der Waals surface area contributed by atoms with Gasteiger partial charge < -0.3 is 9.15 Å². The molecule has 7 heteroatoms. The summed E-state index contributed by atoms with van der Waals surface area (Å²) in [6.45, 7) is -0.0776. The normalized spacial score (nSPS) is 11.3. The van der Waals surface area contributed by atoms with Crippen LogP contribution in [-0.2, 0) is 11.3 Å². The van der Waals surface area contributed by atoms with Crippen molar-refractivity contribution in [3.05, 3.63) is 111 Å². The molecule has 0 amide bonds. The van der Waals surface area contributed by atoms with Crippen LogP contribution in [0.15, 0.2) is 94.1 Å². The summed E-state index contributed by atoms with van der Waals surface area (Å²) in [7, 11) is 0. The number of hydrogen-bond acceptors (Lipinski definition) is 6. The van der Waals surface area contributed by atoms with Gasteiger partial charge in [-0.1, -0.05) is 60.1 Å². The van der Waals surface area contributed by atoms with Crippen molar-refractivity contribution in [1.82, 2.24) is 4.98 Å². The molecule has 3 aromatic heterocycles. The van der Waals surface area contributed by atoms with Crippen molar-refractivity contribution in [2.45, 2.75) is 6.61 Å². The van der Waals surface area contributed by atoms with Gasteiger partial charge in [-0.3, -0.25) is 0 Å². The molecule has 0 aliphatic carbocycles. The Labute approximate surface area is 208 Å². The average Bonchev–Trinajstić information content (AvgIpc) is 3.32. The van der Waals surface area contributed by atoms with Gasteiger partial charge in [0.1, 0.15) is 12.2 Å². The highest BCUT2D eigenvalue weighted by Gasteiger charge is 2.18. The van der Waals surface area contributed by atoms with Gasteiger partial charge in [0.25, 0.3) is 0 Å². The molecular weight excluding hydrogens is 482 g/mol. The number of rotatable bonds is 4. The molecule has 0 saturated carbocycles. The highest BCUT2D eigenvalue weighted by Crippen LogP contribution is 2.33. The van der Waals surface area contributed by atoms with Crippen LogP contribution in [0.3, 0.4) is 0 Å². The van der Waals surface area contributed by atoms with Crippen LogP contribution >= 0.6 is 22.9 Å². The molecule has 0 spiro atoms. The number of hydrogen-bond donors (Lipinski definition) is 0. The maximum atomic E-state index is 13.3. The summed E-state index contributed by atoms with van der Waals surface area (Å²) >= 11 is 7.51. The van der Waals surface area contributed by atoms with Crippen LogP contribution in [0.4, 0.5) is 0 Å². The lowest BCUT2D eigenvalue weighted by molar-refractivity contribution is 0.0476. The Balaban J connectivity index is 1.41. The highest BCUT2D eigenvalue weighted by atomic mass is 35.5. The van der Waals surface area contributed by atoms with E-state index in [2.05, 4.69) is 0 Å². The zero-order chi connectivity index (χ0) is 23.9. The number of benzene rings is 3. The molecule has 0 aliphatic heterocycles. The standard InChI is InChI=1S/C28H16ClNO4S/c29-25-12-11-24(35-25)22-14-20(19-7-3-4-8-21(19)30-22)28(32)33-15-17-13-26(31)34-23-10-9-16-5-1-2-6-18(16)27(17)23/h1-14H,15H2. The molecule has 0 N–H and O–H groups in total. The van der Waals surface area contributed by atoms with E-state index >= 15 is 0 Å². The maximum absolute atomic E-state index is 13.3. The third-order valence-electron chi connectivity index (χ3n) is 5.84. The minimum atomic E-state index is -0.505. The molecule has 6 aromatic rings. The second-order valence-electron chi connectivity index (χ2n) is 8.00. The van der Waals surface area contributed by atoms with Crippen molar-refractivity contribution in [3.63, 3.8) is 0 Å². The third-order valence-corrected chi connectivity index (χ3v) is 7.09. The van der Waals surface area contributed by atoms with E-state index in [0.29, 0.717) is 37.6 Å². The van der Waals surface area contributed by atoms with Gasteiger partial charge in [0, 0.05) is 22.4 Å². The molecule has 0 radical (unpaired) electrons. The van der Waals surface area contributed by atoms with E-state index in [1.807, 2.05) is 60.7 Å². The number of carbonyl (C=O) groups excluding carboxylic acids is 1. The summed E-state index contributed by atoms with van der Waals surface area (Å²) < 4.78 is 11.8. The number of esters is 1. The first-order valence-electron chi connectivity index (χ1n) is 10.8. The Hall–Kier alpha value is -4.00. The van der Waals surface area contributed by atoms with Crippen molar-refractivity contribution in [2.24, 2.45) is 0 Å². The smallest absolute Gasteiger partial charge is 0.339 e. The van der Waals surface area contributed by atoms with E-state index in [9.17, 15) is 9.59 Å². The van der Waals surface area contributed by atoms with Crippen molar-refractivity contribution in [2.75, 3.05) is 0 Å². The van der Waals surface area contributed by atoms with Crippen LogP contribution in [0.25, 0.3) is 43.2 Å². The first kappa shape index (κ1) is 21.5. The summed E-state index contributed by atoms with van der Waals surface area (Å²) in [4.78, 5) is 31.1. The molecule has 0 fully saturated rings. The number of halogens is 1. The number of carbonyl (C=O) groups is 1. The molecule has 3 heterocycles. The van der Waals surface area contributed by atoms with Gasteiger partial charge in [-0.25, -0.2) is 14.6 Å². The topological polar surface area (TPSA) is 69.4 Å². The summed E-state index contributed by atoms with van der Waals surface area (Å²) in [5.74, 6) is -0.505. The summed E-state index contributed by atoms with van der Waals surface area (Å²) in [5.41, 5.74) is 2.26. The van der Waals surface area contributed by atoms with Crippen LogP contribution in [-0.4, -0.2) is 11.0 Å². The zero-order valence-corrected chi connectivity index (χ0v) is 19.7. The summed E-state index contributed by atoms with van der Waals surface area (Å²) in [6, 6.07) is 25.7. The summed E-state index contributed by atoms with van der Waals surface area (Å²) in [5, 5.41) is 3.36. The fourth-order valence-electron chi connectivity index (χ4n) is 4.28. The molecule has 0 aliphatic rings. The number of pyridine rings is 1. The minimum absolute atomic E-state index is 0.0776. The van der Waals surface area contributed by atoms with Crippen molar-refractivity contribution < 1.29 is 13.9 Å². The fraction of sp³-hybridized carbons (Fsp3) is 0.0357. The second kappa shape index (κ2) is 8.65. The van der Waals surface area contributed by atoms with Gasteiger partial charge in [0.15, 0.2) is 0 Å². The maximum Gasteiger partial charge on any atom is 0.339 e. The van der Waals surface area contributed by atoms with Gasteiger partial charge in [-0.2, -0.15) is 0 Å². The third kappa shape index (κ3) is 3.97. The Bertz CT molecular complexity index is 1820. The molecule has 6 rings (SSSR count). The van der Waals surface area contributed by atoms with Crippen LogP contribution in [0, 0.1) is 0 Å². The van der Waals surface area contributed by atoms with E-state index in [0.717, 1.165) is 21.0 Å². The molecular formula is C28H16ClNO4S. The Morgan fingerprint density at radius 2 is 1.74 bits per heavy atom. The lowest BCUT2D eigenvalue weighted by Gasteiger charge is -2.11. The van der Waals surface area contributed by atoms with Crippen molar-refractivity contribution in [3.8, 4) is 10.6 Å². The van der Waals surface area contributed by atoms with Crippen molar-refractivity contribution in [1.29, 1.82) is 0 Å². The Morgan fingerprint density at radius 1 is 0.943 bits per heavy atom. The number of aromatic nitrogens is 1. The minimum Gasteiger partial charge on any atom is -0.457 e. The summed E-state index contributed by atoms with van der Waals surface area (Å²) in [6.07, 6.45) is 0. The number of para-hydroxylation sites is 1. The number of thiophene rings is 1. The van der Waals surface area contributed by atoms with Crippen LogP contribution in [0.2, 0.25) is 4.34 Å². The predicted octanol–water partition coefficient (Wildman–Crippen LogP) is 7.23. The predicted molar refractivity (Wildman–Crippen MR) is 139 cm³/mol.